The Balaban J connectivity index is 0.00000169. The number of halogens is 1. The van der Waals surface area contributed by atoms with Gasteiger partial charge < -0.3 is 9.96 Å². The first kappa shape index (κ1) is 13.4. The molecule has 0 aromatic heterocycles. The molecule has 3 heteroatoms. The molecule has 0 radical (unpaired) electrons. The van der Waals surface area contributed by atoms with Crippen LogP contribution in [0.2, 0.25) is 5.02 Å². The van der Waals surface area contributed by atoms with Crippen LogP contribution in [0.4, 0.5) is 0 Å². The van der Waals surface area contributed by atoms with Gasteiger partial charge in [0.05, 0.1) is 21.1 Å². The molecule has 0 aliphatic carbocycles. The van der Waals surface area contributed by atoms with Crippen molar-refractivity contribution < 1.29 is 9.96 Å². The summed E-state index contributed by atoms with van der Waals surface area (Å²) in [7, 11) is 6.49. The maximum atomic E-state index is 6.13. The van der Waals surface area contributed by atoms with Crippen LogP contribution in [-0.2, 0) is 6.54 Å². The van der Waals surface area contributed by atoms with E-state index in [9.17, 15) is 0 Å². The van der Waals surface area contributed by atoms with E-state index in [1.807, 2.05) is 6.07 Å². The predicted molar refractivity (Wildman–Crippen MR) is 59.9 cm³/mol. The first-order valence-electron chi connectivity index (χ1n) is 4.44. The summed E-state index contributed by atoms with van der Waals surface area (Å²) >= 11 is 6.13. The Bertz CT molecular complexity index is 305. The van der Waals surface area contributed by atoms with Crippen LogP contribution in [-0.4, -0.2) is 31.1 Å². The molecule has 14 heavy (non-hydrogen) atoms. The van der Waals surface area contributed by atoms with Crippen LogP contribution in [0.5, 0.6) is 0 Å². The van der Waals surface area contributed by atoms with Crippen molar-refractivity contribution in [2.45, 2.75) is 13.5 Å². The zero-order valence-electron chi connectivity index (χ0n) is 9.21. The second-order valence-corrected chi connectivity index (χ2v) is 4.95. The third-order valence-electron chi connectivity index (χ3n) is 1.85. The van der Waals surface area contributed by atoms with E-state index in [1.165, 1.54) is 11.1 Å². The Labute approximate surface area is 91.0 Å². The van der Waals surface area contributed by atoms with Gasteiger partial charge in [-0.25, -0.2) is 0 Å². The molecule has 2 nitrogen and oxygen atoms in total. The number of nitrogens with zero attached hydrogens (tertiary/aromatic N) is 1. The van der Waals surface area contributed by atoms with Crippen molar-refractivity contribution >= 4 is 11.6 Å². The van der Waals surface area contributed by atoms with Gasteiger partial charge in [0.2, 0.25) is 0 Å². The molecule has 0 amide bonds. The van der Waals surface area contributed by atoms with E-state index in [1.54, 1.807) is 0 Å². The molecule has 0 atom stereocenters. The second kappa shape index (κ2) is 4.78. The summed E-state index contributed by atoms with van der Waals surface area (Å²) in [4.78, 5) is 0. The Morgan fingerprint density at radius 3 is 2.21 bits per heavy atom. The lowest BCUT2D eigenvalue weighted by Gasteiger charge is -2.24. The third-order valence-corrected chi connectivity index (χ3v) is 2.21. The van der Waals surface area contributed by atoms with Crippen LogP contribution < -0.4 is 0 Å². The van der Waals surface area contributed by atoms with Gasteiger partial charge in [0.1, 0.15) is 6.54 Å². The number of hydrogen-bond donors (Lipinski definition) is 0. The first-order chi connectivity index (χ1) is 5.88. The van der Waals surface area contributed by atoms with Crippen molar-refractivity contribution in [1.82, 2.24) is 0 Å². The van der Waals surface area contributed by atoms with Crippen LogP contribution in [0.1, 0.15) is 11.1 Å². The third kappa shape index (κ3) is 4.09. The quantitative estimate of drug-likeness (QED) is 0.698. The lowest BCUT2D eigenvalue weighted by molar-refractivity contribution is -0.883. The van der Waals surface area contributed by atoms with Crippen LogP contribution in [0, 0.1) is 6.92 Å². The maximum absolute atomic E-state index is 6.13. The SMILES string of the molecule is Cc1ccc(C[N+](C)(C)C)c(Cl)c1.[OH-]. The second-order valence-electron chi connectivity index (χ2n) is 4.54. The van der Waals surface area contributed by atoms with Crippen molar-refractivity contribution in [2.24, 2.45) is 0 Å². The summed E-state index contributed by atoms with van der Waals surface area (Å²) in [5.41, 5.74) is 2.44. The van der Waals surface area contributed by atoms with Gasteiger partial charge in [-0.2, -0.15) is 0 Å². The summed E-state index contributed by atoms with van der Waals surface area (Å²) in [5.74, 6) is 0. The van der Waals surface area contributed by atoms with Gasteiger partial charge in [0, 0.05) is 10.6 Å². The van der Waals surface area contributed by atoms with Crippen molar-refractivity contribution in [3.8, 4) is 0 Å². The number of quaternary nitrogens is 1. The number of rotatable bonds is 2. The highest BCUT2D eigenvalue weighted by Gasteiger charge is 2.11. The molecule has 0 aliphatic rings. The van der Waals surface area contributed by atoms with E-state index in [2.05, 4.69) is 40.2 Å². The molecular formula is C11H18ClNO. The summed E-state index contributed by atoms with van der Waals surface area (Å²) in [6.45, 7) is 3.03. The lowest BCUT2D eigenvalue weighted by Crippen LogP contribution is -2.33. The minimum atomic E-state index is 0. The highest BCUT2D eigenvalue weighted by molar-refractivity contribution is 6.31. The predicted octanol–water partition coefficient (Wildman–Crippen LogP) is 2.68. The molecule has 0 unspecified atom stereocenters. The van der Waals surface area contributed by atoms with Crippen molar-refractivity contribution in [3.63, 3.8) is 0 Å². The molecule has 1 aromatic rings. The van der Waals surface area contributed by atoms with Gasteiger partial charge in [0.25, 0.3) is 0 Å². The summed E-state index contributed by atoms with van der Waals surface area (Å²) in [6.07, 6.45) is 0. The van der Waals surface area contributed by atoms with Crippen LogP contribution in [0.15, 0.2) is 18.2 Å². The molecule has 1 N–H and O–H groups in total. The first-order valence-corrected chi connectivity index (χ1v) is 4.82. The molecule has 80 valence electrons. The molecule has 1 aromatic carbocycles. The van der Waals surface area contributed by atoms with E-state index >= 15 is 0 Å². The smallest absolute Gasteiger partial charge is 0.105 e. The van der Waals surface area contributed by atoms with Crippen molar-refractivity contribution in [3.05, 3.63) is 34.3 Å². The van der Waals surface area contributed by atoms with Gasteiger partial charge in [-0.05, 0) is 18.6 Å². The van der Waals surface area contributed by atoms with E-state index in [-0.39, 0.29) is 5.48 Å². The van der Waals surface area contributed by atoms with Crippen molar-refractivity contribution in [2.75, 3.05) is 21.1 Å². The average molecular weight is 216 g/mol. The fraction of sp³-hybridized carbons (Fsp3) is 0.455. The molecule has 0 spiro atoms. The van der Waals surface area contributed by atoms with E-state index < -0.39 is 0 Å². The molecule has 0 saturated heterocycles. The highest BCUT2D eigenvalue weighted by Crippen LogP contribution is 2.19. The standard InChI is InChI=1S/C11H17ClN.H2O/c1-9-5-6-10(11(12)7-9)8-13(2,3)4;/h5-7H,8H2,1-4H3;1H2/q+1;/p-1. The Morgan fingerprint density at radius 1 is 1.21 bits per heavy atom. The van der Waals surface area contributed by atoms with E-state index in [4.69, 9.17) is 11.6 Å². The molecular weight excluding hydrogens is 198 g/mol. The molecule has 0 fully saturated rings. The van der Waals surface area contributed by atoms with Gasteiger partial charge in [0.15, 0.2) is 0 Å². The normalized spacial score (nSPS) is 10.9. The van der Waals surface area contributed by atoms with E-state index in [0.717, 1.165) is 16.1 Å². The van der Waals surface area contributed by atoms with Crippen molar-refractivity contribution in [1.29, 1.82) is 0 Å². The number of aryl methyl sites for hydroxylation is 1. The average Bonchev–Trinajstić information content (AvgIpc) is 1.93. The van der Waals surface area contributed by atoms with Gasteiger partial charge in [-0.15, -0.1) is 0 Å². The zero-order chi connectivity index (χ0) is 10.1. The van der Waals surface area contributed by atoms with Gasteiger partial charge >= 0.3 is 0 Å². The molecule has 0 aliphatic heterocycles. The van der Waals surface area contributed by atoms with Gasteiger partial charge in [-0.1, -0.05) is 23.7 Å². The fourth-order valence-electron chi connectivity index (χ4n) is 1.29. The lowest BCUT2D eigenvalue weighted by atomic mass is 10.1. The Kier molecular flexibility index (Phi) is 4.59. The maximum Gasteiger partial charge on any atom is 0.105 e. The topological polar surface area (TPSA) is 30.0 Å². The fourth-order valence-corrected chi connectivity index (χ4v) is 1.59. The molecule has 0 saturated carbocycles. The molecule has 1 rings (SSSR count). The summed E-state index contributed by atoms with van der Waals surface area (Å²) in [5, 5.41) is 0.882. The summed E-state index contributed by atoms with van der Waals surface area (Å²) < 4.78 is 0.906. The zero-order valence-corrected chi connectivity index (χ0v) is 9.97. The molecule has 0 bridgehead atoms. The number of hydrogen-bond acceptors (Lipinski definition) is 1. The Morgan fingerprint density at radius 2 is 1.79 bits per heavy atom. The minimum Gasteiger partial charge on any atom is -0.870 e. The van der Waals surface area contributed by atoms with Crippen LogP contribution in [0.25, 0.3) is 0 Å². The van der Waals surface area contributed by atoms with E-state index in [0.29, 0.717) is 0 Å². The Hall–Kier alpha value is -0.570. The summed E-state index contributed by atoms with van der Waals surface area (Å²) in [6, 6.07) is 6.24. The minimum absolute atomic E-state index is 0. The van der Waals surface area contributed by atoms with Gasteiger partial charge in [-0.3, -0.25) is 0 Å². The largest absolute Gasteiger partial charge is 0.870 e. The molecule has 0 heterocycles. The monoisotopic (exact) mass is 215 g/mol. The number of benzene rings is 1. The van der Waals surface area contributed by atoms with Crippen LogP contribution in [0.3, 0.4) is 0 Å². The highest BCUT2D eigenvalue weighted by atomic mass is 35.5. The van der Waals surface area contributed by atoms with Crippen LogP contribution >= 0.6 is 11.6 Å².